The van der Waals surface area contributed by atoms with Crippen LogP contribution in [0, 0.1) is 0 Å². The Balaban J connectivity index is 1.64. The lowest BCUT2D eigenvalue weighted by molar-refractivity contribution is -0.140. The number of nitrogens with zero attached hydrogens (tertiary/aromatic N) is 2. The number of methoxy groups -OCH3 is 1. The molecule has 0 saturated carbocycles. The molecule has 1 aromatic rings. The molecule has 0 spiro atoms. The monoisotopic (exact) mass is 419 g/mol. The number of nitrogens with one attached hydrogen (secondary N) is 1. The molecule has 1 amide bonds. The number of carbonyl (C=O) groups is 2. The highest BCUT2D eigenvalue weighted by Crippen LogP contribution is 2.41. The zero-order valence-electron chi connectivity index (χ0n) is 17.2. The van der Waals surface area contributed by atoms with Gasteiger partial charge < -0.3 is 24.6 Å². The van der Waals surface area contributed by atoms with Crippen LogP contribution in [0.15, 0.2) is 17.1 Å². The number of ether oxygens (including phenoxy) is 2. The molecule has 0 aromatic heterocycles. The van der Waals surface area contributed by atoms with Gasteiger partial charge in [-0.15, -0.1) is 0 Å². The number of amides is 1. The predicted molar refractivity (Wildman–Crippen MR) is 110 cm³/mol. The minimum absolute atomic E-state index is 0.255. The van der Waals surface area contributed by atoms with Crippen LogP contribution in [0.4, 0.5) is 5.69 Å². The Hall–Kier alpha value is -2.81. The maximum atomic E-state index is 12.2. The molecule has 1 unspecified atom stereocenters. The average molecular weight is 419 g/mol. The molecule has 3 N–H and O–H groups in total. The van der Waals surface area contributed by atoms with E-state index in [1.165, 1.54) is 0 Å². The highest BCUT2D eigenvalue weighted by Gasteiger charge is 2.41. The van der Waals surface area contributed by atoms with E-state index in [-0.39, 0.29) is 18.9 Å². The van der Waals surface area contributed by atoms with E-state index in [0.717, 1.165) is 44.1 Å². The first-order valence-corrected chi connectivity index (χ1v) is 10.4. The standard InChI is InChI=1S/C21H29N3O6/c1-29-19-14-13-24-16(12-18(26)27)20(28)23-21(24)22-15(14)8-9-17(19)30-11-7-5-3-2-4-6-10-25/h8-9,16,25H,2-7,10-13H2,1H3,(H,26,27)(H,22,23,28). The smallest absolute Gasteiger partial charge is 0.305 e. The normalized spacial score (nSPS) is 17.1. The molecule has 0 bridgehead atoms. The third kappa shape index (κ3) is 5.02. The molecule has 30 heavy (non-hydrogen) atoms. The molecule has 1 aromatic carbocycles. The van der Waals surface area contributed by atoms with Crippen LogP contribution in [0.25, 0.3) is 0 Å². The molecule has 0 aliphatic carbocycles. The van der Waals surface area contributed by atoms with Crippen molar-refractivity contribution in [3.63, 3.8) is 0 Å². The van der Waals surface area contributed by atoms with Gasteiger partial charge in [0.05, 0.1) is 32.4 Å². The molecular formula is C21H29N3O6. The van der Waals surface area contributed by atoms with Gasteiger partial charge in [-0.25, -0.2) is 4.99 Å². The molecule has 0 radical (unpaired) electrons. The lowest BCUT2D eigenvalue weighted by Gasteiger charge is -2.28. The first kappa shape index (κ1) is 21.9. The maximum absolute atomic E-state index is 12.2. The second-order valence-corrected chi connectivity index (χ2v) is 7.45. The number of aliphatic imine (C=N–C) groups is 1. The summed E-state index contributed by atoms with van der Waals surface area (Å²) in [6.45, 7) is 1.14. The summed E-state index contributed by atoms with van der Waals surface area (Å²) >= 11 is 0. The zero-order chi connectivity index (χ0) is 21.5. The number of aliphatic carboxylic acids is 1. The third-order valence-electron chi connectivity index (χ3n) is 5.32. The number of aliphatic hydroxyl groups is 1. The van der Waals surface area contributed by atoms with Crippen LogP contribution in [-0.2, 0) is 16.1 Å². The average Bonchev–Trinajstić information content (AvgIpc) is 3.01. The van der Waals surface area contributed by atoms with E-state index in [1.807, 2.05) is 12.1 Å². The number of aliphatic hydroxyl groups excluding tert-OH is 1. The van der Waals surface area contributed by atoms with Gasteiger partial charge in [0.15, 0.2) is 11.5 Å². The number of carboxylic acid groups (broad SMARTS) is 1. The van der Waals surface area contributed by atoms with Gasteiger partial charge >= 0.3 is 5.97 Å². The van der Waals surface area contributed by atoms with Crippen LogP contribution in [0.2, 0.25) is 0 Å². The van der Waals surface area contributed by atoms with Gasteiger partial charge in [0, 0.05) is 12.2 Å². The van der Waals surface area contributed by atoms with Crippen molar-refractivity contribution in [3.05, 3.63) is 17.7 Å². The van der Waals surface area contributed by atoms with Crippen LogP contribution >= 0.6 is 0 Å². The number of hydrogen-bond acceptors (Lipinski definition) is 7. The van der Waals surface area contributed by atoms with E-state index in [0.29, 0.717) is 36.3 Å². The number of carboxylic acids is 1. The Morgan fingerprint density at radius 2 is 1.97 bits per heavy atom. The topological polar surface area (TPSA) is 121 Å². The minimum Gasteiger partial charge on any atom is -0.492 e. The molecular weight excluding hydrogens is 390 g/mol. The Morgan fingerprint density at radius 3 is 2.67 bits per heavy atom. The summed E-state index contributed by atoms with van der Waals surface area (Å²) in [6, 6.07) is 2.84. The molecule has 164 valence electrons. The number of fused-ring (bicyclic) bond motifs is 2. The summed E-state index contributed by atoms with van der Waals surface area (Å²) in [6.07, 6.45) is 5.83. The molecule has 9 nitrogen and oxygen atoms in total. The number of guanidine groups is 1. The summed E-state index contributed by atoms with van der Waals surface area (Å²) in [4.78, 5) is 29.4. The van der Waals surface area contributed by atoms with Crippen molar-refractivity contribution in [1.29, 1.82) is 0 Å². The van der Waals surface area contributed by atoms with Crippen molar-refractivity contribution in [3.8, 4) is 11.5 Å². The maximum Gasteiger partial charge on any atom is 0.305 e. The zero-order valence-corrected chi connectivity index (χ0v) is 17.2. The van der Waals surface area contributed by atoms with Crippen molar-refractivity contribution < 1.29 is 29.3 Å². The van der Waals surface area contributed by atoms with Crippen molar-refractivity contribution in [2.45, 2.75) is 57.5 Å². The van der Waals surface area contributed by atoms with E-state index < -0.39 is 12.0 Å². The van der Waals surface area contributed by atoms with E-state index >= 15 is 0 Å². The van der Waals surface area contributed by atoms with Crippen molar-refractivity contribution in [1.82, 2.24) is 10.2 Å². The van der Waals surface area contributed by atoms with Gasteiger partial charge in [0.2, 0.25) is 11.9 Å². The van der Waals surface area contributed by atoms with Crippen LogP contribution < -0.4 is 14.8 Å². The summed E-state index contributed by atoms with van der Waals surface area (Å²) in [5.74, 6) is 0.145. The fourth-order valence-electron chi connectivity index (χ4n) is 3.78. The van der Waals surface area contributed by atoms with E-state index in [2.05, 4.69) is 10.3 Å². The van der Waals surface area contributed by atoms with Gasteiger partial charge in [-0.1, -0.05) is 25.7 Å². The molecule has 1 saturated heterocycles. The fourth-order valence-corrected chi connectivity index (χ4v) is 3.78. The number of hydrogen-bond donors (Lipinski definition) is 3. The van der Waals surface area contributed by atoms with E-state index in [1.54, 1.807) is 12.0 Å². The summed E-state index contributed by atoms with van der Waals surface area (Å²) in [5.41, 5.74) is 1.44. The number of rotatable bonds is 12. The minimum atomic E-state index is -1.04. The molecule has 2 aliphatic heterocycles. The Bertz CT molecular complexity index is 810. The van der Waals surface area contributed by atoms with Gasteiger partial charge in [-0.2, -0.15) is 0 Å². The van der Waals surface area contributed by atoms with Crippen LogP contribution in [0.1, 0.15) is 50.5 Å². The highest BCUT2D eigenvalue weighted by molar-refractivity contribution is 6.08. The first-order valence-electron chi connectivity index (χ1n) is 10.4. The quantitative estimate of drug-likeness (QED) is 0.444. The molecule has 2 heterocycles. The molecule has 3 rings (SSSR count). The highest BCUT2D eigenvalue weighted by atomic mass is 16.5. The van der Waals surface area contributed by atoms with Gasteiger partial charge in [-0.3, -0.25) is 14.9 Å². The molecule has 2 aliphatic rings. The lowest BCUT2D eigenvalue weighted by atomic mass is 10.1. The number of unbranched alkanes of at least 4 members (excludes halogenated alkanes) is 5. The van der Waals surface area contributed by atoms with Crippen molar-refractivity contribution >= 4 is 23.5 Å². The lowest BCUT2D eigenvalue weighted by Crippen LogP contribution is -2.38. The van der Waals surface area contributed by atoms with E-state index in [4.69, 9.17) is 19.7 Å². The SMILES string of the molecule is COc1c(OCCCCCCCCO)ccc2c1CN1C(=N2)NC(=O)C1CC(=O)O. The van der Waals surface area contributed by atoms with Crippen molar-refractivity contribution in [2.75, 3.05) is 20.3 Å². The fraction of sp³-hybridized carbons (Fsp3) is 0.571. The number of benzene rings is 1. The molecule has 1 fully saturated rings. The van der Waals surface area contributed by atoms with Crippen molar-refractivity contribution in [2.24, 2.45) is 4.99 Å². The van der Waals surface area contributed by atoms with Gasteiger partial charge in [0.1, 0.15) is 6.04 Å². The Morgan fingerprint density at radius 1 is 1.23 bits per heavy atom. The summed E-state index contributed by atoms with van der Waals surface area (Å²) in [5, 5.41) is 20.6. The second-order valence-electron chi connectivity index (χ2n) is 7.45. The second kappa shape index (κ2) is 10.3. The summed E-state index contributed by atoms with van der Waals surface area (Å²) < 4.78 is 11.5. The van der Waals surface area contributed by atoms with Crippen LogP contribution in [0.3, 0.4) is 0 Å². The van der Waals surface area contributed by atoms with Gasteiger partial charge in [-0.05, 0) is 25.0 Å². The summed E-state index contributed by atoms with van der Waals surface area (Å²) in [7, 11) is 1.56. The van der Waals surface area contributed by atoms with Crippen LogP contribution in [0.5, 0.6) is 11.5 Å². The predicted octanol–water partition coefficient (Wildman–Crippen LogP) is 2.18. The van der Waals surface area contributed by atoms with E-state index in [9.17, 15) is 9.59 Å². The van der Waals surface area contributed by atoms with Gasteiger partial charge in [0.25, 0.3) is 0 Å². The molecule has 1 atom stereocenters. The third-order valence-corrected chi connectivity index (χ3v) is 5.32. The molecule has 9 heteroatoms. The first-order chi connectivity index (χ1) is 14.5. The number of carbonyl (C=O) groups excluding carboxylic acids is 1. The Kier molecular flexibility index (Phi) is 7.51. The van der Waals surface area contributed by atoms with Crippen LogP contribution in [-0.4, -0.2) is 59.3 Å². The largest absolute Gasteiger partial charge is 0.492 e. The Labute approximate surface area is 175 Å².